The van der Waals surface area contributed by atoms with Crippen LogP contribution in [0.25, 0.3) is 0 Å². The molecule has 0 spiro atoms. The molecule has 0 saturated carbocycles. The first-order valence-electron chi connectivity index (χ1n) is 4.89. The summed E-state index contributed by atoms with van der Waals surface area (Å²) in [4.78, 5) is 18.7. The molecule has 1 heterocycles. The van der Waals surface area contributed by atoms with Crippen LogP contribution in [0.3, 0.4) is 0 Å². The van der Waals surface area contributed by atoms with Crippen molar-refractivity contribution in [3.63, 3.8) is 0 Å². The summed E-state index contributed by atoms with van der Waals surface area (Å²) in [5.74, 6) is -0.391. The van der Waals surface area contributed by atoms with Crippen molar-refractivity contribution in [3.05, 3.63) is 18.1 Å². The van der Waals surface area contributed by atoms with Crippen molar-refractivity contribution in [2.45, 2.75) is 6.18 Å². The quantitative estimate of drug-likeness (QED) is 0.750. The summed E-state index contributed by atoms with van der Waals surface area (Å²) in [7, 11) is 0. The molecule has 0 bridgehead atoms. The lowest BCUT2D eigenvalue weighted by molar-refractivity contribution is -0.173. The maximum atomic E-state index is 11.7. The van der Waals surface area contributed by atoms with E-state index in [4.69, 9.17) is 5.73 Å². The fourth-order valence-corrected chi connectivity index (χ4v) is 0.970. The topological polar surface area (TPSA) is 90.1 Å². The predicted molar refractivity (Wildman–Crippen MR) is 55.7 cm³/mol. The summed E-state index contributed by atoms with van der Waals surface area (Å²) < 4.78 is 39.4. The third kappa shape index (κ3) is 5.43. The van der Waals surface area contributed by atoms with Crippen molar-refractivity contribution < 1.29 is 22.7 Å². The van der Waals surface area contributed by atoms with Crippen molar-refractivity contribution in [2.75, 3.05) is 25.5 Å². The highest BCUT2D eigenvalue weighted by molar-refractivity contribution is 5.91. The molecule has 100 valence electrons. The number of halogens is 3. The van der Waals surface area contributed by atoms with Crippen LogP contribution in [0.2, 0.25) is 0 Å². The Kier molecular flexibility index (Phi) is 4.84. The van der Waals surface area contributed by atoms with Gasteiger partial charge in [-0.25, -0.2) is 9.97 Å². The number of nitrogen functional groups attached to an aromatic ring is 1. The molecule has 0 aliphatic heterocycles. The van der Waals surface area contributed by atoms with E-state index in [0.717, 1.165) is 0 Å². The number of anilines is 1. The van der Waals surface area contributed by atoms with E-state index in [1.54, 1.807) is 0 Å². The zero-order valence-electron chi connectivity index (χ0n) is 9.20. The molecule has 0 fully saturated rings. The van der Waals surface area contributed by atoms with Crippen LogP contribution in [-0.2, 0) is 4.74 Å². The number of rotatable bonds is 5. The predicted octanol–water partition coefficient (Wildman–Crippen LogP) is 0.367. The Hall–Kier alpha value is -1.90. The highest BCUT2D eigenvalue weighted by Crippen LogP contribution is 2.13. The summed E-state index contributed by atoms with van der Waals surface area (Å²) in [5.41, 5.74) is 5.30. The van der Waals surface area contributed by atoms with Gasteiger partial charge < -0.3 is 15.8 Å². The molecule has 3 N–H and O–H groups in total. The molecule has 1 rings (SSSR count). The van der Waals surface area contributed by atoms with E-state index < -0.39 is 18.7 Å². The van der Waals surface area contributed by atoms with E-state index in [9.17, 15) is 18.0 Å². The number of carbonyl (C=O) groups is 1. The second-order valence-corrected chi connectivity index (χ2v) is 3.25. The fourth-order valence-electron chi connectivity index (χ4n) is 0.970. The number of aromatic nitrogens is 2. The molecule has 6 nitrogen and oxygen atoms in total. The van der Waals surface area contributed by atoms with Gasteiger partial charge in [0, 0.05) is 6.54 Å². The van der Waals surface area contributed by atoms with Crippen molar-refractivity contribution in [1.82, 2.24) is 15.3 Å². The zero-order chi connectivity index (χ0) is 13.6. The molecular weight excluding hydrogens is 253 g/mol. The minimum Gasteiger partial charge on any atom is -0.382 e. The second-order valence-electron chi connectivity index (χ2n) is 3.25. The number of ether oxygens (including phenoxy) is 1. The molecule has 0 unspecified atom stereocenters. The number of amides is 1. The van der Waals surface area contributed by atoms with Gasteiger partial charge in [0.05, 0.1) is 19.0 Å². The number of nitrogens with zero attached hydrogens (tertiary/aromatic N) is 2. The average molecular weight is 264 g/mol. The summed E-state index contributed by atoms with van der Waals surface area (Å²) >= 11 is 0. The lowest BCUT2D eigenvalue weighted by Crippen LogP contribution is -2.29. The molecule has 0 atom stereocenters. The van der Waals surface area contributed by atoms with E-state index in [2.05, 4.69) is 20.0 Å². The van der Waals surface area contributed by atoms with Crippen LogP contribution in [0.4, 0.5) is 19.0 Å². The Morgan fingerprint density at radius 1 is 1.39 bits per heavy atom. The molecule has 0 aliphatic rings. The number of nitrogens with one attached hydrogen (secondary N) is 1. The molecule has 0 radical (unpaired) electrons. The van der Waals surface area contributed by atoms with Crippen LogP contribution >= 0.6 is 0 Å². The monoisotopic (exact) mass is 264 g/mol. The van der Waals surface area contributed by atoms with Crippen molar-refractivity contribution >= 4 is 11.7 Å². The first-order chi connectivity index (χ1) is 8.38. The standard InChI is InChI=1S/C9H11F3N4O2/c10-9(11,12)5-18-2-1-14-8(17)6-3-16-7(13)4-15-6/h3-4H,1-2,5H2,(H2,13,16)(H,14,17). The smallest absolute Gasteiger partial charge is 0.382 e. The fraction of sp³-hybridized carbons (Fsp3) is 0.444. The van der Waals surface area contributed by atoms with Crippen LogP contribution in [0, 0.1) is 0 Å². The molecular formula is C9H11F3N4O2. The lowest BCUT2D eigenvalue weighted by atomic mass is 10.4. The minimum absolute atomic E-state index is 0.0278. The van der Waals surface area contributed by atoms with E-state index in [1.807, 2.05) is 0 Å². The number of hydrogen-bond donors (Lipinski definition) is 2. The van der Waals surface area contributed by atoms with Gasteiger partial charge >= 0.3 is 6.18 Å². The van der Waals surface area contributed by atoms with Crippen molar-refractivity contribution in [2.24, 2.45) is 0 Å². The molecule has 9 heteroatoms. The molecule has 1 aromatic heterocycles. The Morgan fingerprint density at radius 2 is 2.11 bits per heavy atom. The van der Waals surface area contributed by atoms with Crippen LogP contribution < -0.4 is 11.1 Å². The van der Waals surface area contributed by atoms with Crippen molar-refractivity contribution in [3.8, 4) is 0 Å². The van der Waals surface area contributed by atoms with Gasteiger partial charge in [0.15, 0.2) is 0 Å². The molecule has 1 amide bonds. The van der Waals surface area contributed by atoms with Gasteiger partial charge in [-0.15, -0.1) is 0 Å². The van der Waals surface area contributed by atoms with Gasteiger partial charge in [-0.2, -0.15) is 13.2 Å². The van der Waals surface area contributed by atoms with Crippen LogP contribution in [-0.4, -0.2) is 41.8 Å². The van der Waals surface area contributed by atoms with Crippen LogP contribution in [0.1, 0.15) is 10.5 Å². The first-order valence-corrected chi connectivity index (χ1v) is 4.89. The Labute approximate surface area is 100 Å². The number of alkyl halides is 3. The summed E-state index contributed by atoms with van der Waals surface area (Å²) in [6.45, 7) is -1.64. The van der Waals surface area contributed by atoms with E-state index in [1.165, 1.54) is 12.4 Å². The van der Waals surface area contributed by atoms with E-state index in [-0.39, 0.29) is 24.7 Å². The van der Waals surface area contributed by atoms with Crippen LogP contribution in [0.15, 0.2) is 12.4 Å². The lowest BCUT2D eigenvalue weighted by Gasteiger charge is -2.08. The van der Waals surface area contributed by atoms with Gasteiger partial charge in [-0.3, -0.25) is 4.79 Å². The Bertz CT molecular complexity index is 394. The summed E-state index contributed by atoms with van der Waals surface area (Å²) in [6.07, 6.45) is -2.00. The summed E-state index contributed by atoms with van der Waals surface area (Å²) in [6, 6.07) is 0. The van der Waals surface area contributed by atoms with Crippen LogP contribution in [0.5, 0.6) is 0 Å². The largest absolute Gasteiger partial charge is 0.411 e. The zero-order valence-corrected chi connectivity index (χ0v) is 9.20. The molecule has 0 saturated heterocycles. The Morgan fingerprint density at radius 3 is 2.67 bits per heavy atom. The number of hydrogen-bond acceptors (Lipinski definition) is 5. The second kappa shape index (κ2) is 6.15. The number of nitrogens with two attached hydrogens (primary N) is 1. The highest BCUT2D eigenvalue weighted by Gasteiger charge is 2.27. The molecule has 0 aliphatic carbocycles. The SMILES string of the molecule is Nc1cnc(C(=O)NCCOCC(F)(F)F)cn1. The number of carbonyl (C=O) groups excluding carboxylic acids is 1. The first kappa shape index (κ1) is 14.2. The van der Waals surface area contributed by atoms with Gasteiger partial charge in [0.1, 0.15) is 18.1 Å². The van der Waals surface area contributed by atoms with Crippen molar-refractivity contribution in [1.29, 1.82) is 0 Å². The molecule has 18 heavy (non-hydrogen) atoms. The summed E-state index contributed by atoms with van der Waals surface area (Å²) in [5, 5.41) is 2.33. The van der Waals surface area contributed by atoms with Gasteiger partial charge in [-0.1, -0.05) is 0 Å². The van der Waals surface area contributed by atoms with E-state index in [0.29, 0.717) is 0 Å². The third-order valence-corrected chi connectivity index (χ3v) is 1.70. The third-order valence-electron chi connectivity index (χ3n) is 1.70. The average Bonchev–Trinajstić information content (AvgIpc) is 2.27. The Balaban J connectivity index is 2.24. The van der Waals surface area contributed by atoms with Gasteiger partial charge in [-0.05, 0) is 0 Å². The highest BCUT2D eigenvalue weighted by atomic mass is 19.4. The minimum atomic E-state index is -4.37. The molecule has 1 aromatic rings. The molecule has 0 aromatic carbocycles. The maximum Gasteiger partial charge on any atom is 0.411 e. The van der Waals surface area contributed by atoms with E-state index >= 15 is 0 Å². The normalized spacial score (nSPS) is 11.3. The van der Waals surface area contributed by atoms with Gasteiger partial charge in [0.25, 0.3) is 5.91 Å². The van der Waals surface area contributed by atoms with Gasteiger partial charge in [0.2, 0.25) is 0 Å². The maximum absolute atomic E-state index is 11.7.